The number of amides is 1. The van der Waals surface area contributed by atoms with Crippen molar-refractivity contribution in [1.29, 1.82) is 0 Å². The van der Waals surface area contributed by atoms with Gasteiger partial charge in [0.2, 0.25) is 6.79 Å². The van der Waals surface area contributed by atoms with E-state index >= 15 is 0 Å². The molecule has 0 aliphatic carbocycles. The summed E-state index contributed by atoms with van der Waals surface area (Å²) in [6.07, 6.45) is 0.771. The van der Waals surface area contributed by atoms with Crippen molar-refractivity contribution >= 4 is 17.2 Å². The average molecular weight is 367 g/mol. The van der Waals surface area contributed by atoms with Crippen molar-refractivity contribution in [3.05, 3.63) is 58.6 Å². The molecule has 0 saturated heterocycles. The Labute approximate surface area is 154 Å². The summed E-state index contributed by atoms with van der Waals surface area (Å²) in [5.74, 6) is 1.20. The van der Waals surface area contributed by atoms with Crippen LogP contribution in [0.5, 0.6) is 17.2 Å². The Bertz CT molecular complexity index is 1090. The van der Waals surface area contributed by atoms with Gasteiger partial charge in [0, 0.05) is 12.3 Å². The van der Waals surface area contributed by atoms with Gasteiger partial charge in [-0.2, -0.15) is 0 Å². The highest BCUT2D eigenvalue weighted by Crippen LogP contribution is 2.35. The highest BCUT2D eigenvalue weighted by molar-refractivity contribution is 5.94. The van der Waals surface area contributed by atoms with Crippen LogP contribution in [0.3, 0.4) is 0 Å². The summed E-state index contributed by atoms with van der Waals surface area (Å²) < 4.78 is 17.6. The number of aryl methyl sites for hydroxylation is 1. The van der Waals surface area contributed by atoms with Crippen molar-refractivity contribution < 1.29 is 19.0 Å². The lowest BCUT2D eigenvalue weighted by Gasteiger charge is -2.16. The SMILES string of the molecule is Cc1nc2ccccn2c(=O)c1NC(=O)[C@@H](C)Oc1ccc2c(c1)OCO2. The van der Waals surface area contributed by atoms with Crippen molar-refractivity contribution in [3.63, 3.8) is 0 Å². The Morgan fingerprint density at radius 3 is 2.93 bits per heavy atom. The number of nitrogens with one attached hydrogen (secondary N) is 1. The molecule has 3 heterocycles. The molecule has 0 saturated carbocycles. The van der Waals surface area contributed by atoms with E-state index in [9.17, 15) is 9.59 Å². The van der Waals surface area contributed by atoms with Gasteiger partial charge in [-0.3, -0.25) is 14.0 Å². The monoisotopic (exact) mass is 367 g/mol. The average Bonchev–Trinajstić information content (AvgIpc) is 3.12. The van der Waals surface area contributed by atoms with E-state index in [2.05, 4.69) is 10.3 Å². The summed E-state index contributed by atoms with van der Waals surface area (Å²) >= 11 is 0. The Morgan fingerprint density at radius 1 is 1.26 bits per heavy atom. The van der Waals surface area contributed by atoms with Crippen LogP contribution in [0.25, 0.3) is 5.65 Å². The fourth-order valence-corrected chi connectivity index (χ4v) is 2.78. The molecule has 1 amide bonds. The molecular formula is C19H17N3O5. The number of nitrogens with zero attached hydrogens (tertiary/aromatic N) is 2. The van der Waals surface area contributed by atoms with E-state index < -0.39 is 12.0 Å². The molecule has 0 radical (unpaired) electrons. The molecular weight excluding hydrogens is 350 g/mol. The molecule has 0 unspecified atom stereocenters. The van der Waals surface area contributed by atoms with E-state index in [0.717, 1.165) is 0 Å². The van der Waals surface area contributed by atoms with Crippen LogP contribution in [-0.4, -0.2) is 28.2 Å². The second-order valence-electron chi connectivity index (χ2n) is 6.07. The lowest BCUT2D eigenvalue weighted by Crippen LogP contribution is -2.33. The molecule has 4 rings (SSSR count). The molecule has 8 nitrogen and oxygen atoms in total. The van der Waals surface area contributed by atoms with Gasteiger partial charge in [0.15, 0.2) is 17.6 Å². The number of aromatic nitrogens is 2. The van der Waals surface area contributed by atoms with Gasteiger partial charge in [0.1, 0.15) is 17.1 Å². The standard InChI is InChI=1S/C19H17N3O5/c1-11-17(19(24)22-8-4-3-5-16(22)20-11)21-18(23)12(2)27-13-6-7-14-15(9-13)26-10-25-14/h3-9,12H,10H2,1-2H3,(H,21,23)/t12-/m1/s1. The number of benzene rings is 1. The van der Waals surface area contributed by atoms with Crippen molar-refractivity contribution in [2.75, 3.05) is 12.1 Å². The minimum atomic E-state index is -0.833. The van der Waals surface area contributed by atoms with Gasteiger partial charge < -0.3 is 19.5 Å². The molecule has 1 aliphatic heterocycles. The van der Waals surface area contributed by atoms with Gasteiger partial charge in [-0.15, -0.1) is 0 Å². The summed E-state index contributed by atoms with van der Waals surface area (Å²) in [5, 5.41) is 2.63. The van der Waals surface area contributed by atoms with E-state index in [1.807, 2.05) is 0 Å². The Kier molecular flexibility index (Phi) is 4.15. The van der Waals surface area contributed by atoms with E-state index in [-0.39, 0.29) is 18.0 Å². The zero-order valence-electron chi connectivity index (χ0n) is 14.8. The third-order valence-electron chi connectivity index (χ3n) is 4.19. The van der Waals surface area contributed by atoms with Crippen LogP contribution in [0.4, 0.5) is 5.69 Å². The molecule has 1 aliphatic rings. The maximum absolute atomic E-state index is 12.6. The first-order valence-electron chi connectivity index (χ1n) is 8.38. The highest BCUT2D eigenvalue weighted by atomic mass is 16.7. The van der Waals surface area contributed by atoms with E-state index in [1.54, 1.807) is 56.4 Å². The predicted molar refractivity (Wildman–Crippen MR) is 97.5 cm³/mol. The molecule has 0 bridgehead atoms. The molecule has 27 heavy (non-hydrogen) atoms. The normalized spacial score (nSPS) is 13.4. The summed E-state index contributed by atoms with van der Waals surface area (Å²) in [7, 11) is 0. The van der Waals surface area contributed by atoms with Crippen LogP contribution >= 0.6 is 0 Å². The predicted octanol–water partition coefficient (Wildman–Crippen LogP) is 2.14. The zero-order chi connectivity index (χ0) is 19.0. The van der Waals surface area contributed by atoms with Gasteiger partial charge in [-0.25, -0.2) is 4.98 Å². The second kappa shape index (κ2) is 6.64. The van der Waals surface area contributed by atoms with Gasteiger partial charge in [0.05, 0.1) is 5.69 Å². The highest BCUT2D eigenvalue weighted by Gasteiger charge is 2.20. The summed E-state index contributed by atoms with van der Waals surface area (Å²) in [6.45, 7) is 3.43. The van der Waals surface area contributed by atoms with Crippen molar-refractivity contribution in [3.8, 4) is 17.2 Å². The number of anilines is 1. The number of ether oxygens (including phenoxy) is 3. The zero-order valence-corrected chi connectivity index (χ0v) is 14.8. The summed E-state index contributed by atoms with van der Waals surface area (Å²) in [6, 6.07) is 10.3. The quantitative estimate of drug-likeness (QED) is 0.760. The topological polar surface area (TPSA) is 91.2 Å². The number of hydrogen-bond acceptors (Lipinski definition) is 6. The second-order valence-corrected chi connectivity index (χ2v) is 6.07. The smallest absolute Gasteiger partial charge is 0.281 e. The molecule has 138 valence electrons. The number of carbonyl (C=O) groups excluding carboxylic acids is 1. The fourth-order valence-electron chi connectivity index (χ4n) is 2.78. The molecule has 1 aromatic carbocycles. The van der Waals surface area contributed by atoms with Gasteiger partial charge in [0.25, 0.3) is 11.5 Å². The Morgan fingerprint density at radius 2 is 2.07 bits per heavy atom. The third kappa shape index (κ3) is 3.17. The van der Waals surface area contributed by atoms with Gasteiger partial charge in [-0.1, -0.05) is 6.07 Å². The van der Waals surface area contributed by atoms with Crippen LogP contribution in [0.15, 0.2) is 47.4 Å². The van der Waals surface area contributed by atoms with Crippen LogP contribution < -0.4 is 25.1 Å². The Balaban J connectivity index is 1.53. The number of hydrogen-bond donors (Lipinski definition) is 1. The molecule has 0 spiro atoms. The van der Waals surface area contributed by atoms with Crippen molar-refractivity contribution in [2.45, 2.75) is 20.0 Å². The van der Waals surface area contributed by atoms with Crippen LogP contribution in [-0.2, 0) is 4.79 Å². The number of carbonyl (C=O) groups is 1. The largest absolute Gasteiger partial charge is 0.481 e. The summed E-state index contributed by atoms with van der Waals surface area (Å²) in [5.41, 5.74) is 0.740. The van der Waals surface area contributed by atoms with Crippen LogP contribution in [0.1, 0.15) is 12.6 Å². The lowest BCUT2D eigenvalue weighted by atomic mass is 10.3. The molecule has 0 fully saturated rings. The first-order chi connectivity index (χ1) is 13.0. The molecule has 1 atom stereocenters. The minimum absolute atomic E-state index is 0.129. The molecule has 3 aromatic rings. The summed E-state index contributed by atoms with van der Waals surface area (Å²) in [4.78, 5) is 29.5. The minimum Gasteiger partial charge on any atom is -0.481 e. The first-order valence-corrected chi connectivity index (χ1v) is 8.38. The fraction of sp³-hybridized carbons (Fsp3) is 0.211. The molecule has 8 heteroatoms. The van der Waals surface area contributed by atoms with Gasteiger partial charge in [-0.05, 0) is 38.1 Å². The van der Waals surface area contributed by atoms with E-state index in [1.165, 1.54) is 4.40 Å². The van der Waals surface area contributed by atoms with Crippen molar-refractivity contribution in [1.82, 2.24) is 9.38 Å². The number of rotatable bonds is 4. The number of pyridine rings is 1. The third-order valence-corrected chi connectivity index (χ3v) is 4.19. The van der Waals surface area contributed by atoms with Crippen LogP contribution in [0.2, 0.25) is 0 Å². The number of fused-ring (bicyclic) bond motifs is 2. The first kappa shape index (κ1) is 16.9. The van der Waals surface area contributed by atoms with Gasteiger partial charge >= 0.3 is 0 Å². The maximum atomic E-state index is 12.6. The lowest BCUT2D eigenvalue weighted by molar-refractivity contribution is -0.122. The van der Waals surface area contributed by atoms with Crippen LogP contribution in [0, 0.1) is 6.92 Å². The molecule has 2 aromatic heterocycles. The van der Waals surface area contributed by atoms with Crippen molar-refractivity contribution in [2.24, 2.45) is 0 Å². The molecule has 1 N–H and O–H groups in total. The Hall–Kier alpha value is -3.55. The maximum Gasteiger partial charge on any atom is 0.281 e. The van der Waals surface area contributed by atoms with E-state index in [0.29, 0.717) is 28.6 Å². The van der Waals surface area contributed by atoms with E-state index in [4.69, 9.17) is 14.2 Å².